The van der Waals surface area contributed by atoms with Crippen molar-refractivity contribution in [3.8, 4) is 10.6 Å². The quantitative estimate of drug-likeness (QED) is 0.776. The van der Waals surface area contributed by atoms with Gasteiger partial charge in [-0.25, -0.2) is 0 Å². The Morgan fingerprint density at radius 1 is 1.27 bits per heavy atom. The van der Waals surface area contributed by atoms with E-state index in [1.807, 2.05) is 38.1 Å². The second kappa shape index (κ2) is 3.94. The van der Waals surface area contributed by atoms with E-state index in [9.17, 15) is 0 Å². The molecule has 78 valence electrons. The molecule has 4 nitrogen and oxygen atoms in total. The van der Waals surface area contributed by atoms with Crippen LogP contribution in [0.25, 0.3) is 10.6 Å². The maximum atomic E-state index is 4.23. The predicted molar refractivity (Wildman–Crippen MR) is 62.2 cm³/mol. The number of aryl methyl sites for hydroxylation is 1. The van der Waals surface area contributed by atoms with Gasteiger partial charge in [0, 0.05) is 31.5 Å². The average molecular weight is 220 g/mol. The van der Waals surface area contributed by atoms with Gasteiger partial charge in [-0.2, -0.15) is 0 Å². The summed E-state index contributed by atoms with van der Waals surface area (Å²) in [6.07, 6.45) is 1.78. The molecule has 0 fully saturated rings. The molecule has 5 heteroatoms. The van der Waals surface area contributed by atoms with Crippen molar-refractivity contribution in [1.82, 2.24) is 15.2 Å². The van der Waals surface area contributed by atoms with Gasteiger partial charge in [0.05, 0.1) is 0 Å². The van der Waals surface area contributed by atoms with Crippen LogP contribution in [-0.2, 0) is 0 Å². The third-order valence-electron chi connectivity index (χ3n) is 2.03. The minimum atomic E-state index is 0.910. The molecule has 0 saturated carbocycles. The van der Waals surface area contributed by atoms with Crippen LogP contribution in [0, 0.1) is 6.92 Å². The molecule has 15 heavy (non-hydrogen) atoms. The van der Waals surface area contributed by atoms with Crippen LogP contribution in [0.15, 0.2) is 18.3 Å². The van der Waals surface area contributed by atoms with Gasteiger partial charge in [0.1, 0.15) is 0 Å². The molecule has 2 aromatic heterocycles. The minimum absolute atomic E-state index is 0.910. The topological polar surface area (TPSA) is 41.9 Å². The number of aromatic nitrogens is 3. The molecule has 0 amide bonds. The Bertz CT molecular complexity index is 464. The lowest BCUT2D eigenvalue weighted by atomic mass is 10.2. The Labute approximate surface area is 92.6 Å². The highest BCUT2D eigenvalue weighted by atomic mass is 32.1. The van der Waals surface area contributed by atoms with Crippen molar-refractivity contribution in [2.75, 3.05) is 19.0 Å². The highest BCUT2D eigenvalue weighted by molar-refractivity contribution is 7.18. The number of anilines is 1. The zero-order valence-corrected chi connectivity index (χ0v) is 9.75. The van der Waals surface area contributed by atoms with Gasteiger partial charge >= 0.3 is 0 Å². The van der Waals surface area contributed by atoms with E-state index in [1.54, 1.807) is 17.5 Å². The van der Waals surface area contributed by atoms with Crippen molar-refractivity contribution in [3.63, 3.8) is 0 Å². The van der Waals surface area contributed by atoms with Crippen LogP contribution in [-0.4, -0.2) is 29.3 Å². The third-order valence-corrected chi connectivity index (χ3v) is 3.16. The lowest BCUT2D eigenvalue weighted by Gasteiger charge is -2.04. The van der Waals surface area contributed by atoms with Crippen LogP contribution < -0.4 is 4.90 Å². The summed E-state index contributed by atoms with van der Waals surface area (Å²) >= 11 is 1.57. The van der Waals surface area contributed by atoms with Crippen molar-refractivity contribution >= 4 is 16.5 Å². The lowest BCUT2D eigenvalue weighted by molar-refractivity contribution is 1.02. The molecule has 0 aromatic carbocycles. The molecule has 0 aliphatic heterocycles. The van der Waals surface area contributed by atoms with Crippen molar-refractivity contribution in [2.45, 2.75) is 6.92 Å². The first-order valence-electron chi connectivity index (χ1n) is 4.61. The summed E-state index contributed by atoms with van der Waals surface area (Å²) in [5.41, 5.74) is 2.04. The summed E-state index contributed by atoms with van der Waals surface area (Å²) in [5, 5.41) is 10.1. The van der Waals surface area contributed by atoms with Gasteiger partial charge in [-0.1, -0.05) is 11.3 Å². The third kappa shape index (κ3) is 1.97. The zero-order valence-electron chi connectivity index (χ0n) is 8.93. The largest absolute Gasteiger partial charge is 0.353 e. The van der Waals surface area contributed by atoms with Crippen molar-refractivity contribution < 1.29 is 0 Å². The smallest absolute Gasteiger partial charge is 0.208 e. The molecule has 0 spiro atoms. The highest BCUT2D eigenvalue weighted by Crippen LogP contribution is 2.28. The summed E-state index contributed by atoms with van der Waals surface area (Å²) in [4.78, 5) is 6.19. The van der Waals surface area contributed by atoms with E-state index in [0.29, 0.717) is 0 Å². The number of nitrogens with zero attached hydrogens (tertiary/aromatic N) is 4. The average Bonchev–Trinajstić information content (AvgIpc) is 2.67. The molecular weight excluding hydrogens is 208 g/mol. The SMILES string of the molecule is Cc1ncccc1-c1nnc(N(C)C)s1. The molecule has 0 bridgehead atoms. The fourth-order valence-electron chi connectivity index (χ4n) is 1.22. The fraction of sp³-hybridized carbons (Fsp3) is 0.300. The fourth-order valence-corrected chi connectivity index (χ4v) is 2.06. The van der Waals surface area contributed by atoms with E-state index < -0.39 is 0 Å². The molecule has 0 N–H and O–H groups in total. The summed E-state index contributed by atoms with van der Waals surface area (Å²) in [5.74, 6) is 0. The predicted octanol–water partition coefficient (Wildman–Crippen LogP) is 1.97. The van der Waals surface area contributed by atoms with Crippen LogP contribution >= 0.6 is 11.3 Å². The number of pyridine rings is 1. The molecule has 2 heterocycles. The Morgan fingerprint density at radius 3 is 2.67 bits per heavy atom. The first-order valence-corrected chi connectivity index (χ1v) is 5.43. The van der Waals surface area contributed by atoms with E-state index in [2.05, 4.69) is 15.2 Å². The summed E-state index contributed by atoms with van der Waals surface area (Å²) in [6.45, 7) is 1.98. The second-order valence-corrected chi connectivity index (χ2v) is 4.38. The van der Waals surface area contributed by atoms with E-state index in [-0.39, 0.29) is 0 Å². The minimum Gasteiger partial charge on any atom is -0.353 e. The zero-order chi connectivity index (χ0) is 10.8. The van der Waals surface area contributed by atoms with Crippen molar-refractivity contribution in [3.05, 3.63) is 24.0 Å². The van der Waals surface area contributed by atoms with Crippen LogP contribution in [0.4, 0.5) is 5.13 Å². The van der Waals surface area contributed by atoms with Gasteiger partial charge in [-0.15, -0.1) is 10.2 Å². The van der Waals surface area contributed by atoms with Gasteiger partial charge < -0.3 is 4.90 Å². The maximum absolute atomic E-state index is 4.23. The first-order chi connectivity index (χ1) is 7.18. The van der Waals surface area contributed by atoms with Gasteiger partial charge in [-0.3, -0.25) is 4.98 Å². The van der Waals surface area contributed by atoms with Crippen molar-refractivity contribution in [2.24, 2.45) is 0 Å². The molecule has 0 unspecified atom stereocenters. The molecule has 0 aliphatic carbocycles. The van der Waals surface area contributed by atoms with Gasteiger partial charge in [0.2, 0.25) is 5.13 Å². The van der Waals surface area contributed by atoms with E-state index in [0.717, 1.165) is 21.4 Å². The molecule has 0 atom stereocenters. The second-order valence-electron chi connectivity index (χ2n) is 3.42. The van der Waals surface area contributed by atoms with Crippen LogP contribution in [0.2, 0.25) is 0 Å². The van der Waals surface area contributed by atoms with E-state index in [4.69, 9.17) is 0 Å². The van der Waals surface area contributed by atoms with E-state index in [1.165, 1.54) is 0 Å². The molecule has 0 aliphatic rings. The maximum Gasteiger partial charge on any atom is 0.208 e. The molecule has 0 saturated heterocycles. The standard InChI is InChI=1S/C10H12N4S/c1-7-8(5-4-6-11-7)9-12-13-10(15-9)14(2)3/h4-6H,1-3H3. The summed E-state index contributed by atoms with van der Waals surface area (Å²) in [6, 6.07) is 3.93. The first kappa shape index (κ1) is 10.0. The summed E-state index contributed by atoms with van der Waals surface area (Å²) in [7, 11) is 3.92. The van der Waals surface area contributed by atoms with Gasteiger partial charge in [0.15, 0.2) is 5.01 Å². The Morgan fingerprint density at radius 2 is 2.07 bits per heavy atom. The van der Waals surface area contributed by atoms with E-state index >= 15 is 0 Å². The van der Waals surface area contributed by atoms with Gasteiger partial charge in [-0.05, 0) is 19.1 Å². The lowest BCUT2D eigenvalue weighted by Crippen LogP contribution is -2.07. The number of rotatable bonds is 2. The monoisotopic (exact) mass is 220 g/mol. The Hall–Kier alpha value is -1.49. The molecule has 0 radical (unpaired) electrons. The molecule has 2 rings (SSSR count). The Kier molecular flexibility index (Phi) is 2.64. The van der Waals surface area contributed by atoms with Crippen LogP contribution in [0.5, 0.6) is 0 Å². The number of hydrogen-bond donors (Lipinski definition) is 0. The van der Waals surface area contributed by atoms with Crippen molar-refractivity contribution in [1.29, 1.82) is 0 Å². The molecular formula is C10H12N4S. The van der Waals surface area contributed by atoms with Crippen LogP contribution in [0.1, 0.15) is 5.69 Å². The Balaban J connectivity index is 2.42. The molecule has 2 aromatic rings. The normalized spacial score (nSPS) is 10.3. The van der Waals surface area contributed by atoms with Crippen LogP contribution in [0.3, 0.4) is 0 Å². The van der Waals surface area contributed by atoms with Gasteiger partial charge in [0.25, 0.3) is 0 Å². The summed E-state index contributed by atoms with van der Waals surface area (Å²) < 4.78 is 0. The number of hydrogen-bond acceptors (Lipinski definition) is 5. The highest BCUT2D eigenvalue weighted by Gasteiger charge is 2.09.